The molecule has 0 saturated carbocycles. The van der Waals surface area contributed by atoms with Crippen LogP contribution in [0.5, 0.6) is 0 Å². The highest BCUT2D eigenvalue weighted by Crippen LogP contribution is 2.56. The number of amidine groups is 1. The number of hydrogen-bond acceptors (Lipinski definition) is 7. The van der Waals surface area contributed by atoms with E-state index in [2.05, 4.69) is 187 Å². The van der Waals surface area contributed by atoms with Crippen molar-refractivity contribution in [2.45, 2.75) is 32.1 Å². The summed E-state index contributed by atoms with van der Waals surface area (Å²) >= 11 is 0. The number of rotatable bonds is 6. The van der Waals surface area contributed by atoms with Gasteiger partial charge in [0, 0.05) is 35.5 Å². The second-order valence-electron chi connectivity index (χ2n) is 13.5. The van der Waals surface area contributed by atoms with E-state index in [1.54, 1.807) is 0 Å². The standard InChI is InChI=1S/C44H39N7/c1-5-33-35-25-15-17-27-37(35)50-42-38(28-45-40(46-42)34-24-14-12-18-29(34)2)48(4)43(50)39(33)44-49(32-22-10-7-11-23-32)41(31-20-8-6-9-21-31)47-51(44)36-26-16-13-19-30(36)3/h5-28,33,39,43-44H,1H2,2-4H3. The van der Waals surface area contributed by atoms with Crippen LogP contribution >= 0.6 is 0 Å². The van der Waals surface area contributed by atoms with Gasteiger partial charge >= 0.3 is 0 Å². The summed E-state index contributed by atoms with van der Waals surface area (Å²) in [6.45, 7) is 8.79. The Kier molecular flexibility index (Phi) is 7.42. The summed E-state index contributed by atoms with van der Waals surface area (Å²) in [6.07, 6.45) is 3.77. The van der Waals surface area contributed by atoms with Gasteiger partial charge in [0.1, 0.15) is 18.0 Å². The number of aryl methyl sites for hydroxylation is 2. The number of fused-ring (bicyclic) bond motifs is 5. The van der Waals surface area contributed by atoms with Crippen molar-refractivity contribution in [3.05, 3.63) is 175 Å². The van der Waals surface area contributed by atoms with E-state index < -0.39 is 0 Å². The molecule has 6 aromatic rings. The van der Waals surface area contributed by atoms with Crippen molar-refractivity contribution in [3.63, 3.8) is 0 Å². The van der Waals surface area contributed by atoms with Gasteiger partial charge in [-0.1, -0.05) is 115 Å². The molecule has 0 amide bonds. The highest BCUT2D eigenvalue weighted by molar-refractivity contribution is 6.12. The fourth-order valence-corrected chi connectivity index (χ4v) is 8.32. The summed E-state index contributed by atoms with van der Waals surface area (Å²) in [5.74, 6) is 2.46. The first-order valence-corrected chi connectivity index (χ1v) is 17.5. The molecule has 0 saturated heterocycles. The Morgan fingerprint density at radius 3 is 2.02 bits per heavy atom. The lowest BCUT2D eigenvalue weighted by Crippen LogP contribution is -2.60. The van der Waals surface area contributed by atoms with E-state index in [9.17, 15) is 0 Å². The number of hydrogen-bond donors (Lipinski definition) is 0. The maximum absolute atomic E-state index is 5.56. The van der Waals surface area contributed by atoms with E-state index in [1.807, 2.05) is 6.20 Å². The molecule has 3 aliphatic rings. The molecule has 5 aromatic carbocycles. The minimum atomic E-state index is -0.242. The molecule has 9 rings (SSSR count). The molecule has 4 unspecified atom stereocenters. The smallest absolute Gasteiger partial charge is 0.162 e. The molecule has 0 fully saturated rings. The monoisotopic (exact) mass is 665 g/mol. The fraction of sp³-hybridized carbons (Fsp3) is 0.159. The van der Waals surface area contributed by atoms with Gasteiger partial charge in [0.2, 0.25) is 0 Å². The Morgan fingerprint density at radius 2 is 1.29 bits per heavy atom. The van der Waals surface area contributed by atoms with Crippen molar-refractivity contribution in [3.8, 4) is 11.4 Å². The fourth-order valence-electron chi connectivity index (χ4n) is 8.32. The lowest BCUT2D eigenvalue weighted by molar-refractivity contribution is 0.309. The number of para-hydroxylation sites is 3. The van der Waals surface area contributed by atoms with Gasteiger partial charge in [-0.2, -0.15) is 5.10 Å². The highest BCUT2D eigenvalue weighted by atomic mass is 15.6. The molecule has 4 heterocycles. The van der Waals surface area contributed by atoms with Crippen molar-refractivity contribution in [2.75, 3.05) is 26.8 Å². The number of nitrogens with zero attached hydrogens (tertiary/aromatic N) is 7. The van der Waals surface area contributed by atoms with Gasteiger partial charge in [-0.15, -0.1) is 6.58 Å². The third-order valence-electron chi connectivity index (χ3n) is 10.7. The molecule has 4 atom stereocenters. The van der Waals surface area contributed by atoms with E-state index >= 15 is 0 Å². The number of benzene rings is 5. The van der Waals surface area contributed by atoms with Crippen LogP contribution in [0.25, 0.3) is 11.4 Å². The van der Waals surface area contributed by atoms with Gasteiger partial charge in [0.25, 0.3) is 0 Å². The first-order chi connectivity index (χ1) is 25.0. The van der Waals surface area contributed by atoms with Crippen molar-refractivity contribution in [2.24, 2.45) is 11.0 Å². The highest BCUT2D eigenvalue weighted by Gasteiger charge is 2.56. The van der Waals surface area contributed by atoms with Crippen LogP contribution < -0.4 is 19.7 Å². The number of hydrazone groups is 1. The van der Waals surface area contributed by atoms with Crippen LogP contribution in [0, 0.1) is 19.8 Å². The van der Waals surface area contributed by atoms with E-state index in [-0.39, 0.29) is 24.2 Å². The Balaban J connectivity index is 1.29. The molecule has 0 aliphatic carbocycles. The number of anilines is 5. The summed E-state index contributed by atoms with van der Waals surface area (Å²) in [6, 6.07) is 46.9. The quantitative estimate of drug-likeness (QED) is 0.165. The molecule has 250 valence electrons. The van der Waals surface area contributed by atoms with Crippen molar-refractivity contribution in [1.29, 1.82) is 0 Å². The SMILES string of the molecule is C=CC1c2ccccc2N2c3nc(-c4ccccc4C)ncc3N(C)C2C1C1N(c2ccccc2C)N=C(c2ccccc2)N1c1ccccc1. The van der Waals surface area contributed by atoms with Gasteiger partial charge < -0.3 is 14.7 Å². The Labute approximate surface area is 299 Å². The van der Waals surface area contributed by atoms with Gasteiger partial charge in [0.05, 0.1) is 17.8 Å². The zero-order chi connectivity index (χ0) is 34.6. The third-order valence-corrected chi connectivity index (χ3v) is 10.7. The Hall–Kier alpha value is -6.21. The van der Waals surface area contributed by atoms with Crippen LogP contribution in [0.1, 0.15) is 28.2 Å². The van der Waals surface area contributed by atoms with Crippen molar-refractivity contribution >= 4 is 34.4 Å². The molecule has 0 bridgehead atoms. The molecule has 1 aromatic heterocycles. The summed E-state index contributed by atoms with van der Waals surface area (Å²) in [5.41, 5.74) is 9.91. The van der Waals surface area contributed by atoms with Crippen LogP contribution in [-0.4, -0.2) is 35.2 Å². The molecule has 0 radical (unpaired) electrons. The molecule has 7 heteroatoms. The average molecular weight is 666 g/mol. The predicted molar refractivity (Wildman–Crippen MR) is 209 cm³/mol. The largest absolute Gasteiger partial charge is 0.349 e. The summed E-state index contributed by atoms with van der Waals surface area (Å²) < 4.78 is 0. The second kappa shape index (κ2) is 12.3. The molecular weight excluding hydrogens is 627 g/mol. The summed E-state index contributed by atoms with van der Waals surface area (Å²) in [4.78, 5) is 17.6. The van der Waals surface area contributed by atoms with Crippen LogP contribution in [0.2, 0.25) is 0 Å². The zero-order valence-corrected chi connectivity index (χ0v) is 29.0. The van der Waals surface area contributed by atoms with Crippen molar-refractivity contribution < 1.29 is 0 Å². The van der Waals surface area contributed by atoms with Gasteiger partial charge in [-0.25, -0.2) is 15.0 Å². The first-order valence-electron chi connectivity index (χ1n) is 17.5. The van der Waals surface area contributed by atoms with E-state index in [0.717, 1.165) is 62.5 Å². The maximum atomic E-state index is 5.56. The molecular formula is C44H39N7. The van der Waals surface area contributed by atoms with Gasteiger partial charge in [-0.3, -0.25) is 0 Å². The van der Waals surface area contributed by atoms with Gasteiger partial charge in [-0.05, 0) is 54.8 Å². The van der Waals surface area contributed by atoms with Crippen LogP contribution in [0.4, 0.5) is 28.6 Å². The summed E-state index contributed by atoms with van der Waals surface area (Å²) in [5, 5.41) is 7.82. The van der Waals surface area contributed by atoms with E-state index in [0.29, 0.717) is 0 Å². The first kappa shape index (κ1) is 30.8. The van der Waals surface area contributed by atoms with Crippen LogP contribution in [0.3, 0.4) is 0 Å². The minimum absolute atomic E-state index is 0.0175. The van der Waals surface area contributed by atoms with Crippen LogP contribution in [0.15, 0.2) is 157 Å². The van der Waals surface area contributed by atoms with Gasteiger partial charge in [0.15, 0.2) is 17.5 Å². The lowest BCUT2D eigenvalue weighted by Gasteiger charge is -2.50. The topological polar surface area (TPSA) is 51.1 Å². The molecule has 7 nitrogen and oxygen atoms in total. The predicted octanol–water partition coefficient (Wildman–Crippen LogP) is 9.29. The second-order valence-corrected chi connectivity index (χ2v) is 13.5. The zero-order valence-electron chi connectivity index (χ0n) is 29.0. The van der Waals surface area contributed by atoms with E-state index in [4.69, 9.17) is 15.1 Å². The van der Waals surface area contributed by atoms with E-state index in [1.165, 1.54) is 5.56 Å². The maximum Gasteiger partial charge on any atom is 0.162 e. The molecule has 51 heavy (non-hydrogen) atoms. The Morgan fingerprint density at radius 1 is 0.647 bits per heavy atom. The Bertz CT molecular complexity index is 2280. The molecule has 0 N–H and O–H groups in total. The summed E-state index contributed by atoms with van der Waals surface area (Å²) in [7, 11) is 2.18. The van der Waals surface area contributed by atoms with Crippen molar-refractivity contribution in [1.82, 2.24) is 9.97 Å². The average Bonchev–Trinajstić information content (AvgIpc) is 3.71. The third kappa shape index (κ3) is 4.83. The lowest BCUT2D eigenvalue weighted by atomic mass is 9.76. The molecule has 0 spiro atoms. The van der Waals surface area contributed by atoms with Crippen LogP contribution in [-0.2, 0) is 0 Å². The molecule has 3 aliphatic heterocycles. The minimum Gasteiger partial charge on any atom is -0.349 e. The normalized spacial score (nSPS) is 20.5. The number of allylic oxidation sites excluding steroid dienone is 1. The number of aromatic nitrogens is 2.